The van der Waals surface area contributed by atoms with E-state index >= 15 is 0 Å². The Labute approximate surface area is 132 Å². The minimum atomic E-state index is 0.479. The van der Waals surface area contributed by atoms with Crippen molar-refractivity contribution in [2.75, 3.05) is 6.54 Å². The first-order valence-electron chi connectivity index (χ1n) is 7.50. The molecule has 0 spiro atoms. The molecule has 21 heavy (non-hydrogen) atoms. The van der Waals surface area contributed by atoms with Crippen molar-refractivity contribution in [3.05, 3.63) is 46.1 Å². The number of hydrogen-bond donors (Lipinski definition) is 1. The van der Waals surface area contributed by atoms with Crippen LogP contribution in [0.4, 0.5) is 0 Å². The summed E-state index contributed by atoms with van der Waals surface area (Å²) in [6.07, 6.45) is 3.16. The Balaban J connectivity index is 2.38. The van der Waals surface area contributed by atoms with Gasteiger partial charge in [-0.3, -0.25) is 0 Å². The fraction of sp³-hybridized carbons (Fsp3) is 0.389. The first-order valence-corrected chi connectivity index (χ1v) is 7.87. The van der Waals surface area contributed by atoms with E-state index in [9.17, 15) is 0 Å². The molecular weight excluding hydrogens is 280 g/mol. The molecule has 0 unspecified atom stereocenters. The van der Waals surface area contributed by atoms with E-state index in [4.69, 9.17) is 11.6 Å². The summed E-state index contributed by atoms with van der Waals surface area (Å²) >= 11 is 6.36. The summed E-state index contributed by atoms with van der Waals surface area (Å²) in [6.45, 7) is 9.42. The Morgan fingerprint density at radius 2 is 2.14 bits per heavy atom. The zero-order chi connectivity index (χ0) is 15.4. The number of nitrogens with zero attached hydrogens (tertiary/aromatic N) is 1. The van der Waals surface area contributed by atoms with Gasteiger partial charge in [0, 0.05) is 23.5 Å². The first kappa shape index (κ1) is 16.0. The average molecular weight is 303 g/mol. The van der Waals surface area contributed by atoms with Crippen LogP contribution in [-0.4, -0.2) is 17.6 Å². The number of pyridine rings is 1. The summed E-state index contributed by atoms with van der Waals surface area (Å²) in [7, 11) is 0. The van der Waals surface area contributed by atoms with Gasteiger partial charge < -0.3 is 5.32 Å². The molecule has 0 radical (unpaired) electrons. The third kappa shape index (κ3) is 4.05. The van der Waals surface area contributed by atoms with Crippen molar-refractivity contribution in [3.63, 3.8) is 0 Å². The highest BCUT2D eigenvalue weighted by atomic mass is 35.5. The Kier molecular flexibility index (Phi) is 5.38. The molecule has 1 aromatic heterocycles. The van der Waals surface area contributed by atoms with E-state index in [1.807, 2.05) is 0 Å². The van der Waals surface area contributed by atoms with Crippen LogP contribution in [0.5, 0.6) is 0 Å². The smallest absolute Gasteiger partial charge is 0.137 e. The summed E-state index contributed by atoms with van der Waals surface area (Å²) in [5, 5.41) is 5.16. The summed E-state index contributed by atoms with van der Waals surface area (Å²) < 4.78 is 0. The SMILES string of the molecule is CCC(=Cc1cc2cccc(C)c2nc1Cl)CNC(C)C. The van der Waals surface area contributed by atoms with E-state index < -0.39 is 0 Å². The number of halogens is 1. The average Bonchev–Trinajstić information content (AvgIpc) is 2.44. The van der Waals surface area contributed by atoms with Crippen molar-refractivity contribution < 1.29 is 0 Å². The number of benzene rings is 1. The highest BCUT2D eigenvalue weighted by molar-refractivity contribution is 6.31. The summed E-state index contributed by atoms with van der Waals surface area (Å²) in [5.41, 5.74) is 4.47. The minimum absolute atomic E-state index is 0.479. The van der Waals surface area contributed by atoms with Crippen LogP contribution < -0.4 is 5.32 Å². The number of rotatable bonds is 5. The minimum Gasteiger partial charge on any atom is -0.311 e. The number of aryl methyl sites for hydroxylation is 1. The molecular formula is C18H23ClN2. The van der Waals surface area contributed by atoms with Crippen LogP contribution in [0.3, 0.4) is 0 Å². The summed E-state index contributed by atoms with van der Waals surface area (Å²) in [5.74, 6) is 0. The second-order valence-corrected chi connectivity index (χ2v) is 6.06. The Morgan fingerprint density at radius 1 is 1.38 bits per heavy atom. The first-order chi connectivity index (χ1) is 10.0. The third-order valence-electron chi connectivity index (χ3n) is 3.58. The van der Waals surface area contributed by atoms with Gasteiger partial charge in [-0.2, -0.15) is 0 Å². The van der Waals surface area contributed by atoms with Crippen LogP contribution >= 0.6 is 11.6 Å². The molecule has 1 aromatic carbocycles. The molecule has 0 amide bonds. The predicted octanol–water partition coefficient (Wildman–Crippen LogP) is 4.99. The summed E-state index contributed by atoms with van der Waals surface area (Å²) in [4.78, 5) is 4.56. The van der Waals surface area contributed by atoms with Gasteiger partial charge in [-0.15, -0.1) is 0 Å². The molecule has 1 heterocycles. The van der Waals surface area contributed by atoms with Crippen molar-refractivity contribution in [2.24, 2.45) is 0 Å². The van der Waals surface area contributed by atoms with Gasteiger partial charge >= 0.3 is 0 Å². The molecule has 0 fully saturated rings. The number of aromatic nitrogens is 1. The molecule has 112 valence electrons. The molecule has 0 bridgehead atoms. The van der Waals surface area contributed by atoms with Gasteiger partial charge in [-0.25, -0.2) is 4.98 Å². The van der Waals surface area contributed by atoms with Crippen LogP contribution in [0.2, 0.25) is 5.15 Å². The van der Waals surface area contributed by atoms with Gasteiger partial charge in [-0.05, 0) is 25.0 Å². The molecule has 0 saturated heterocycles. The second-order valence-electron chi connectivity index (χ2n) is 5.71. The molecule has 0 atom stereocenters. The Morgan fingerprint density at radius 3 is 2.81 bits per heavy atom. The topological polar surface area (TPSA) is 24.9 Å². The fourth-order valence-corrected chi connectivity index (χ4v) is 2.47. The zero-order valence-electron chi connectivity index (χ0n) is 13.2. The van der Waals surface area contributed by atoms with Crippen LogP contribution in [0.25, 0.3) is 17.0 Å². The van der Waals surface area contributed by atoms with Gasteiger partial charge in [0.15, 0.2) is 0 Å². The predicted molar refractivity (Wildman–Crippen MR) is 92.9 cm³/mol. The van der Waals surface area contributed by atoms with E-state index in [-0.39, 0.29) is 0 Å². The maximum absolute atomic E-state index is 6.36. The highest BCUT2D eigenvalue weighted by Gasteiger charge is 2.06. The van der Waals surface area contributed by atoms with Crippen LogP contribution in [0, 0.1) is 6.92 Å². The zero-order valence-corrected chi connectivity index (χ0v) is 14.0. The fourth-order valence-electron chi connectivity index (χ4n) is 2.28. The van der Waals surface area contributed by atoms with Crippen LogP contribution in [-0.2, 0) is 0 Å². The molecule has 2 aromatic rings. The van der Waals surface area contributed by atoms with Gasteiger partial charge in [0.05, 0.1) is 5.52 Å². The molecule has 1 N–H and O–H groups in total. The molecule has 0 aliphatic carbocycles. The highest BCUT2D eigenvalue weighted by Crippen LogP contribution is 2.25. The van der Waals surface area contributed by atoms with E-state index in [0.717, 1.165) is 35.0 Å². The van der Waals surface area contributed by atoms with Crippen LogP contribution in [0.15, 0.2) is 29.8 Å². The Bertz CT molecular complexity index is 660. The van der Waals surface area contributed by atoms with E-state index in [2.05, 4.69) is 68.3 Å². The molecule has 3 heteroatoms. The molecule has 0 aliphatic heterocycles. The van der Waals surface area contributed by atoms with Crippen molar-refractivity contribution in [1.29, 1.82) is 0 Å². The molecule has 2 nitrogen and oxygen atoms in total. The summed E-state index contributed by atoms with van der Waals surface area (Å²) in [6, 6.07) is 8.81. The van der Waals surface area contributed by atoms with E-state index in [1.54, 1.807) is 0 Å². The lowest BCUT2D eigenvalue weighted by molar-refractivity contribution is 0.617. The number of fused-ring (bicyclic) bond motifs is 1. The maximum Gasteiger partial charge on any atom is 0.137 e. The second kappa shape index (κ2) is 7.06. The molecule has 0 aliphatic rings. The third-order valence-corrected chi connectivity index (χ3v) is 3.88. The number of nitrogens with one attached hydrogen (secondary N) is 1. The monoisotopic (exact) mass is 302 g/mol. The van der Waals surface area contributed by atoms with Gasteiger partial charge in [0.1, 0.15) is 5.15 Å². The van der Waals surface area contributed by atoms with E-state index in [1.165, 1.54) is 5.57 Å². The largest absolute Gasteiger partial charge is 0.311 e. The molecule has 0 saturated carbocycles. The van der Waals surface area contributed by atoms with Crippen molar-refractivity contribution in [1.82, 2.24) is 10.3 Å². The normalized spacial score (nSPS) is 12.4. The van der Waals surface area contributed by atoms with Crippen molar-refractivity contribution >= 4 is 28.6 Å². The number of hydrogen-bond acceptors (Lipinski definition) is 2. The van der Waals surface area contributed by atoms with Crippen molar-refractivity contribution in [2.45, 2.75) is 40.2 Å². The van der Waals surface area contributed by atoms with Gasteiger partial charge in [-0.1, -0.05) is 62.2 Å². The van der Waals surface area contributed by atoms with Gasteiger partial charge in [0.25, 0.3) is 0 Å². The molecule has 2 rings (SSSR count). The van der Waals surface area contributed by atoms with Gasteiger partial charge in [0.2, 0.25) is 0 Å². The number of para-hydroxylation sites is 1. The van der Waals surface area contributed by atoms with E-state index in [0.29, 0.717) is 11.2 Å². The standard InChI is InChI=1S/C18H23ClN2/c1-5-14(11-20-12(2)3)9-16-10-15-8-6-7-13(4)17(15)21-18(16)19/h6-10,12,20H,5,11H2,1-4H3. The van der Waals surface area contributed by atoms with Crippen LogP contribution in [0.1, 0.15) is 38.3 Å². The quantitative estimate of drug-likeness (QED) is 0.787. The Hall–Kier alpha value is -1.38. The van der Waals surface area contributed by atoms with Crippen molar-refractivity contribution in [3.8, 4) is 0 Å². The lowest BCUT2D eigenvalue weighted by Gasteiger charge is -2.11. The lowest BCUT2D eigenvalue weighted by atomic mass is 10.1. The maximum atomic E-state index is 6.36. The lowest BCUT2D eigenvalue weighted by Crippen LogP contribution is -2.24.